The Morgan fingerprint density at radius 1 is 1.06 bits per heavy atom. The molecule has 0 saturated heterocycles. The van der Waals surface area contributed by atoms with E-state index in [9.17, 15) is 9.59 Å². The van der Waals surface area contributed by atoms with E-state index in [2.05, 4.69) is 26.0 Å². The number of hydrogen-bond donors (Lipinski definition) is 2. The highest BCUT2D eigenvalue weighted by Crippen LogP contribution is 2.26. The molecule has 3 heterocycles. The summed E-state index contributed by atoms with van der Waals surface area (Å²) in [6.45, 7) is 3.96. The van der Waals surface area contributed by atoms with E-state index < -0.39 is 5.91 Å². The monoisotopic (exact) mass is 455 g/mol. The van der Waals surface area contributed by atoms with Crippen LogP contribution in [-0.2, 0) is 4.79 Å². The second-order valence-electron chi connectivity index (χ2n) is 6.59. The van der Waals surface area contributed by atoms with Crippen molar-refractivity contribution in [2.75, 3.05) is 16.4 Å². The lowest BCUT2D eigenvalue weighted by atomic mass is 10.1. The van der Waals surface area contributed by atoms with Crippen molar-refractivity contribution in [3.63, 3.8) is 0 Å². The molecule has 0 radical (unpaired) electrons. The average Bonchev–Trinajstić information content (AvgIpc) is 3.46. The van der Waals surface area contributed by atoms with E-state index >= 15 is 0 Å². The third-order valence-corrected chi connectivity index (χ3v) is 5.94. The van der Waals surface area contributed by atoms with Crippen LogP contribution in [0.3, 0.4) is 0 Å². The summed E-state index contributed by atoms with van der Waals surface area (Å²) >= 11 is 2.40. The molecule has 0 bridgehead atoms. The third kappa shape index (κ3) is 5.38. The van der Waals surface area contributed by atoms with E-state index in [-0.39, 0.29) is 17.4 Å². The van der Waals surface area contributed by atoms with Crippen LogP contribution in [0, 0.1) is 13.8 Å². The molecule has 2 N–H and O–H groups in total. The number of nitrogens with one attached hydrogen (secondary N) is 2. The summed E-state index contributed by atoms with van der Waals surface area (Å²) in [4.78, 5) is 24.5. The summed E-state index contributed by atoms with van der Waals surface area (Å²) in [5, 5.41) is 17.4. The Hall–Kier alpha value is -3.44. The van der Waals surface area contributed by atoms with Crippen molar-refractivity contribution in [2.45, 2.75) is 18.2 Å². The van der Waals surface area contributed by atoms with Gasteiger partial charge in [-0.3, -0.25) is 14.9 Å². The molecule has 158 valence electrons. The standard InChI is InChI=1S/C20H17N5O4S2/c1-11-6-12(2)8-13(7-11)21-17(26)10-30-20-24-23-19(31-20)22-18(27)14-9-16(29-25-14)15-4-3-5-28-15/h3-9H,10H2,1-2H3,(H,21,26)(H,22,23,27). The first-order valence-electron chi connectivity index (χ1n) is 9.12. The highest BCUT2D eigenvalue weighted by atomic mass is 32.2. The Morgan fingerprint density at radius 3 is 2.61 bits per heavy atom. The zero-order valence-electron chi connectivity index (χ0n) is 16.5. The maximum atomic E-state index is 12.3. The van der Waals surface area contributed by atoms with Crippen molar-refractivity contribution >= 4 is 45.7 Å². The van der Waals surface area contributed by atoms with Crippen LogP contribution in [0.1, 0.15) is 21.6 Å². The van der Waals surface area contributed by atoms with Crippen LogP contribution in [0.25, 0.3) is 11.5 Å². The Labute approximate surface area is 185 Å². The lowest BCUT2D eigenvalue weighted by molar-refractivity contribution is -0.113. The van der Waals surface area contributed by atoms with Crippen LogP contribution in [-0.4, -0.2) is 32.9 Å². The van der Waals surface area contributed by atoms with Crippen molar-refractivity contribution < 1.29 is 18.5 Å². The largest absolute Gasteiger partial charge is 0.461 e. The van der Waals surface area contributed by atoms with Gasteiger partial charge in [0.15, 0.2) is 15.8 Å². The van der Waals surface area contributed by atoms with Gasteiger partial charge in [0.2, 0.25) is 16.8 Å². The van der Waals surface area contributed by atoms with Crippen molar-refractivity contribution in [3.8, 4) is 11.5 Å². The van der Waals surface area contributed by atoms with Crippen LogP contribution in [0.4, 0.5) is 10.8 Å². The molecule has 0 spiro atoms. The van der Waals surface area contributed by atoms with Crippen LogP contribution in [0.2, 0.25) is 0 Å². The first kappa shape index (κ1) is 20.8. The molecular weight excluding hydrogens is 438 g/mol. The minimum atomic E-state index is -0.484. The number of carbonyl (C=O) groups excluding carboxylic acids is 2. The molecule has 2 amide bonds. The van der Waals surface area contributed by atoms with E-state index in [4.69, 9.17) is 8.94 Å². The van der Waals surface area contributed by atoms with Crippen LogP contribution in [0.15, 0.2) is 55.9 Å². The molecule has 9 nitrogen and oxygen atoms in total. The first-order chi connectivity index (χ1) is 15.0. The Morgan fingerprint density at radius 2 is 1.87 bits per heavy atom. The van der Waals surface area contributed by atoms with E-state index in [1.807, 2.05) is 32.0 Å². The van der Waals surface area contributed by atoms with Gasteiger partial charge in [-0.15, -0.1) is 10.2 Å². The highest BCUT2D eigenvalue weighted by Gasteiger charge is 2.17. The number of furan rings is 1. The maximum absolute atomic E-state index is 12.3. The van der Waals surface area contributed by atoms with Gasteiger partial charge in [0.1, 0.15) is 0 Å². The Bertz CT molecular complexity index is 1200. The summed E-state index contributed by atoms with van der Waals surface area (Å²) in [6.07, 6.45) is 1.50. The SMILES string of the molecule is Cc1cc(C)cc(NC(=O)CSc2nnc(NC(=O)c3cc(-c4ccco4)on3)s2)c1. The normalized spacial score (nSPS) is 10.8. The second-order valence-corrected chi connectivity index (χ2v) is 8.79. The topological polar surface area (TPSA) is 123 Å². The molecule has 4 rings (SSSR count). The minimum Gasteiger partial charge on any atom is -0.461 e. The number of anilines is 2. The number of thioether (sulfide) groups is 1. The number of amides is 2. The zero-order valence-corrected chi connectivity index (χ0v) is 18.2. The quantitative estimate of drug-likeness (QED) is 0.311. The van der Waals surface area contributed by atoms with E-state index in [1.54, 1.807) is 12.1 Å². The number of hydrogen-bond acceptors (Lipinski definition) is 9. The van der Waals surface area contributed by atoms with E-state index in [0.717, 1.165) is 16.8 Å². The molecule has 1 aromatic carbocycles. The number of aromatic nitrogens is 3. The molecule has 0 aliphatic carbocycles. The second kappa shape index (κ2) is 9.14. The smallest absolute Gasteiger partial charge is 0.279 e. The molecule has 0 aliphatic heterocycles. The van der Waals surface area contributed by atoms with Crippen molar-refractivity contribution in [3.05, 3.63) is 59.5 Å². The highest BCUT2D eigenvalue weighted by molar-refractivity contribution is 8.01. The van der Waals surface area contributed by atoms with Gasteiger partial charge in [-0.25, -0.2) is 0 Å². The average molecular weight is 456 g/mol. The molecule has 0 aliphatic rings. The zero-order chi connectivity index (χ0) is 21.8. The Balaban J connectivity index is 1.30. The summed E-state index contributed by atoms with van der Waals surface area (Å²) in [6, 6.07) is 10.7. The molecule has 4 aromatic rings. The molecule has 0 saturated carbocycles. The number of aryl methyl sites for hydroxylation is 2. The van der Waals surface area contributed by atoms with Gasteiger partial charge in [-0.1, -0.05) is 34.3 Å². The van der Waals surface area contributed by atoms with Gasteiger partial charge in [0, 0.05) is 11.8 Å². The van der Waals surface area contributed by atoms with Gasteiger partial charge < -0.3 is 14.3 Å². The lowest BCUT2D eigenvalue weighted by Gasteiger charge is -2.06. The predicted octanol–water partition coefficient (Wildman–Crippen LogP) is 4.39. The van der Waals surface area contributed by atoms with Gasteiger partial charge in [-0.05, 0) is 49.2 Å². The van der Waals surface area contributed by atoms with Crippen LogP contribution in [0.5, 0.6) is 0 Å². The fourth-order valence-corrected chi connectivity index (χ4v) is 4.32. The fourth-order valence-electron chi connectivity index (χ4n) is 2.77. The Kier molecular flexibility index (Phi) is 6.14. The van der Waals surface area contributed by atoms with Gasteiger partial charge in [-0.2, -0.15) is 0 Å². The molecule has 0 unspecified atom stereocenters. The number of nitrogens with zero attached hydrogens (tertiary/aromatic N) is 3. The van der Waals surface area contributed by atoms with Crippen LogP contribution >= 0.6 is 23.1 Å². The summed E-state index contributed by atoms with van der Waals surface area (Å²) in [5.74, 6) is 0.357. The first-order valence-corrected chi connectivity index (χ1v) is 10.9. The van der Waals surface area contributed by atoms with Crippen molar-refractivity contribution in [1.29, 1.82) is 0 Å². The number of carbonyl (C=O) groups is 2. The van der Waals surface area contributed by atoms with Crippen molar-refractivity contribution in [2.24, 2.45) is 0 Å². The maximum Gasteiger partial charge on any atom is 0.279 e. The minimum absolute atomic E-state index is 0.0867. The third-order valence-electron chi connectivity index (χ3n) is 3.97. The summed E-state index contributed by atoms with van der Waals surface area (Å²) < 4.78 is 10.9. The fraction of sp³-hybridized carbons (Fsp3) is 0.150. The molecule has 0 atom stereocenters. The number of benzene rings is 1. The molecule has 31 heavy (non-hydrogen) atoms. The lowest BCUT2D eigenvalue weighted by Crippen LogP contribution is -2.14. The molecular formula is C20H17N5O4S2. The number of rotatable bonds is 7. The molecule has 0 fully saturated rings. The molecule has 11 heteroatoms. The molecule has 3 aromatic heterocycles. The van der Waals surface area contributed by atoms with Gasteiger partial charge in [0.05, 0.1) is 12.0 Å². The summed E-state index contributed by atoms with van der Waals surface area (Å²) in [5.41, 5.74) is 3.00. The van der Waals surface area contributed by atoms with Crippen molar-refractivity contribution in [1.82, 2.24) is 15.4 Å². The van der Waals surface area contributed by atoms with Crippen LogP contribution < -0.4 is 10.6 Å². The van der Waals surface area contributed by atoms with Gasteiger partial charge >= 0.3 is 0 Å². The summed E-state index contributed by atoms with van der Waals surface area (Å²) in [7, 11) is 0. The van der Waals surface area contributed by atoms with E-state index in [1.165, 1.54) is 35.4 Å². The predicted molar refractivity (Wildman–Crippen MR) is 117 cm³/mol. The van der Waals surface area contributed by atoms with Gasteiger partial charge in [0.25, 0.3) is 5.91 Å². The van der Waals surface area contributed by atoms with E-state index in [0.29, 0.717) is 21.0 Å².